The Bertz CT molecular complexity index is 779. The highest BCUT2D eigenvalue weighted by molar-refractivity contribution is 7.92. The molecule has 0 aliphatic rings. The van der Waals surface area contributed by atoms with Gasteiger partial charge < -0.3 is 5.73 Å². The Kier molecular flexibility index (Phi) is 4.73. The van der Waals surface area contributed by atoms with Gasteiger partial charge in [0.2, 0.25) is 0 Å². The largest absolute Gasteiger partial charge is 0.326 e. The number of nitrogens with zero attached hydrogens (tertiary/aromatic N) is 1. The Morgan fingerprint density at radius 1 is 1.29 bits per heavy atom. The summed E-state index contributed by atoms with van der Waals surface area (Å²) in [4.78, 5) is 3.84. The van der Waals surface area contributed by atoms with Crippen molar-refractivity contribution in [1.29, 1.82) is 0 Å². The third-order valence-corrected chi connectivity index (χ3v) is 5.21. The van der Waals surface area contributed by atoms with Crippen molar-refractivity contribution in [3.05, 3.63) is 51.8 Å². The summed E-state index contributed by atoms with van der Waals surface area (Å²) >= 11 is 12.1. The Morgan fingerprint density at radius 3 is 2.62 bits per heavy atom. The number of pyridine rings is 1. The summed E-state index contributed by atoms with van der Waals surface area (Å²) in [5, 5.41) is 0.366. The fourth-order valence-corrected chi connectivity index (χ4v) is 3.82. The van der Waals surface area contributed by atoms with Gasteiger partial charge in [0.05, 0.1) is 10.7 Å². The van der Waals surface area contributed by atoms with Gasteiger partial charge in [-0.15, -0.1) is 0 Å². The van der Waals surface area contributed by atoms with Gasteiger partial charge in [0.1, 0.15) is 4.90 Å². The lowest BCUT2D eigenvalue weighted by molar-refractivity contribution is 0.601. The molecule has 0 saturated carbocycles. The van der Waals surface area contributed by atoms with E-state index in [4.69, 9.17) is 28.9 Å². The molecule has 1 aromatic carbocycles. The van der Waals surface area contributed by atoms with E-state index in [1.165, 1.54) is 18.3 Å². The van der Waals surface area contributed by atoms with E-state index in [0.29, 0.717) is 21.8 Å². The second kappa shape index (κ2) is 6.19. The standard InChI is InChI=1S/C13H13Cl2N3O2S/c1-8-7-17-5-4-11(8)18-21(19,20)12-3-2-10(14)9(6-16)13(12)15/h2-5,7H,6,16H2,1H3,(H,17,18). The highest BCUT2D eigenvalue weighted by Gasteiger charge is 2.21. The molecule has 112 valence electrons. The summed E-state index contributed by atoms with van der Waals surface area (Å²) in [5.74, 6) is 0. The molecule has 3 N–H and O–H groups in total. The van der Waals surface area contributed by atoms with Crippen LogP contribution in [0.15, 0.2) is 35.5 Å². The second-order valence-electron chi connectivity index (χ2n) is 4.34. The molecule has 0 amide bonds. The van der Waals surface area contributed by atoms with E-state index >= 15 is 0 Å². The third kappa shape index (κ3) is 3.29. The molecule has 0 radical (unpaired) electrons. The lowest BCUT2D eigenvalue weighted by Crippen LogP contribution is -2.15. The van der Waals surface area contributed by atoms with Crippen molar-refractivity contribution in [3.63, 3.8) is 0 Å². The quantitative estimate of drug-likeness (QED) is 0.891. The minimum Gasteiger partial charge on any atom is -0.326 e. The predicted octanol–water partition coefficient (Wildman–Crippen LogP) is 2.96. The van der Waals surface area contributed by atoms with Gasteiger partial charge in [-0.05, 0) is 30.7 Å². The molecule has 1 heterocycles. The molecular formula is C13H13Cl2N3O2S. The Labute approximate surface area is 133 Å². The zero-order valence-corrected chi connectivity index (χ0v) is 13.4. The summed E-state index contributed by atoms with van der Waals surface area (Å²) in [6, 6.07) is 4.38. The van der Waals surface area contributed by atoms with Gasteiger partial charge in [0, 0.05) is 29.5 Å². The number of anilines is 1. The number of aryl methyl sites for hydroxylation is 1. The molecule has 0 saturated heterocycles. The number of hydrogen-bond donors (Lipinski definition) is 2. The van der Waals surface area contributed by atoms with Gasteiger partial charge in [-0.3, -0.25) is 9.71 Å². The smallest absolute Gasteiger partial charge is 0.263 e. The summed E-state index contributed by atoms with van der Waals surface area (Å²) in [6.07, 6.45) is 3.06. The molecule has 1 aromatic heterocycles. The fraction of sp³-hybridized carbons (Fsp3) is 0.154. The van der Waals surface area contributed by atoms with E-state index in [1.807, 2.05) is 0 Å². The normalized spacial score (nSPS) is 11.4. The lowest BCUT2D eigenvalue weighted by atomic mass is 10.2. The summed E-state index contributed by atoms with van der Waals surface area (Å²) in [5.41, 5.74) is 7.08. The number of nitrogens with one attached hydrogen (secondary N) is 1. The van der Waals surface area contributed by atoms with Crippen molar-refractivity contribution in [2.24, 2.45) is 5.73 Å². The number of halogens is 2. The molecule has 0 fully saturated rings. The van der Waals surface area contributed by atoms with Crippen LogP contribution in [-0.4, -0.2) is 13.4 Å². The first-order chi connectivity index (χ1) is 9.86. The Balaban J connectivity index is 2.48. The second-order valence-corrected chi connectivity index (χ2v) is 6.77. The van der Waals surface area contributed by atoms with Crippen LogP contribution in [0, 0.1) is 6.92 Å². The number of rotatable bonds is 4. The van der Waals surface area contributed by atoms with Gasteiger partial charge >= 0.3 is 0 Å². The van der Waals surface area contributed by atoms with Crippen LogP contribution < -0.4 is 10.5 Å². The van der Waals surface area contributed by atoms with Crippen molar-refractivity contribution in [2.45, 2.75) is 18.4 Å². The maximum atomic E-state index is 12.5. The molecule has 2 rings (SSSR count). The van der Waals surface area contributed by atoms with E-state index in [0.717, 1.165) is 0 Å². The number of aromatic nitrogens is 1. The van der Waals surface area contributed by atoms with Crippen LogP contribution in [-0.2, 0) is 16.6 Å². The van der Waals surface area contributed by atoms with E-state index in [1.54, 1.807) is 19.2 Å². The van der Waals surface area contributed by atoms with Crippen LogP contribution in [0.1, 0.15) is 11.1 Å². The number of sulfonamides is 1. The van der Waals surface area contributed by atoms with Gasteiger partial charge in [-0.2, -0.15) is 0 Å². The molecule has 0 spiro atoms. The Hall–Kier alpha value is -1.34. The van der Waals surface area contributed by atoms with Gasteiger partial charge in [0.15, 0.2) is 0 Å². The molecule has 0 unspecified atom stereocenters. The van der Waals surface area contributed by atoms with Crippen LogP contribution in [0.5, 0.6) is 0 Å². The minimum atomic E-state index is -3.84. The molecule has 21 heavy (non-hydrogen) atoms. The van der Waals surface area contributed by atoms with Crippen molar-refractivity contribution in [3.8, 4) is 0 Å². The highest BCUT2D eigenvalue weighted by atomic mass is 35.5. The highest BCUT2D eigenvalue weighted by Crippen LogP contribution is 2.32. The number of hydrogen-bond acceptors (Lipinski definition) is 4. The SMILES string of the molecule is Cc1cnccc1NS(=O)(=O)c1ccc(Cl)c(CN)c1Cl. The first-order valence-corrected chi connectivity index (χ1v) is 8.21. The minimum absolute atomic E-state index is 0.0317. The van der Waals surface area contributed by atoms with Crippen LogP contribution >= 0.6 is 23.2 Å². The summed E-state index contributed by atoms with van der Waals surface area (Å²) in [6.45, 7) is 1.80. The fourth-order valence-electron chi connectivity index (χ4n) is 1.76. The molecular weight excluding hydrogens is 333 g/mol. The zero-order chi connectivity index (χ0) is 15.6. The maximum absolute atomic E-state index is 12.5. The van der Waals surface area contributed by atoms with Crippen molar-refractivity contribution < 1.29 is 8.42 Å². The molecule has 2 aromatic rings. The van der Waals surface area contributed by atoms with Crippen LogP contribution in [0.3, 0.4) is 0 Å². The van der Waals surface area contributed by atoms with E-state index in [2.05, 4.69) is 9.71 Å². The van der Waals surface area contributed by atoms with Crippen molar-refractivity contribution in [2.75, 3.05) is 4.72 Å². The van der Waals surface area contributed by atoms with Crippen LogP contribution in [0.2, 0.25) is 10.0 Å². The maximum Gasteiger partial charge on any atom is 0.263 e. The number of benzene rings is 1. The number of nitrogens with two attached hydrogens (primary N) is 1. The lowest BCUT2D eigenvalue weighted by Gasteiger charge is -2.13. The Morgan fingerprint density at radius 2 is 2.00 bits per heavy atom. The van der Waals surface area contributed by atoms with E-state index in [-0.39, 0.29) is 16.5 Å². The summed E-state index contributed by atoms with van der Waals surface area (Å²) in [7, 11) is -3.84. The van der Waals surface area contributed by atoms with Gasteiger partial charge in [0.25, 0.3) is 10.0 Å². The third-order valence-electron chi connectivity index (χ3n) is 2.91. The summed E-state index contributed by atoms with van der Waals surface area (Å²) < 4.78 is 27.4. The molecule has 5 nitrogen and oxygen atoms in total. The van der Waals surface area contributed by atoms with Crippen LogP contribution in [0.25, 0.3) is 0 Å². The first kappa shape index (κ1) is 16.0. The van der Waals surface area contributed by atoms with Crippen molar-refractivity contribution >= 4 is 38.9 Å². The predicted molar refractivity (Wildman–Crippen MR) is 84.1 cm³/mol. The molecule has 0 bridgehead atoms. The molecule has 8 heteroatoms. The molecule has 0 aliphatic heterocycles. The van der Waals surface area contributed by atoms with E-state index in [9.17, 15) is 8.42 Å². The van der Waals surface area contributed by atoms with Crippen molar-refractivity contribution in [1.82, 2.24) is 4.98 Å². The molecule has 0 aliphatic carbocycles. The first-order valence-electron chi connectivity index (χ1n) is 5.97. The average molecular weight is 346 g/mol. The topological polar surface area (TPSA) is 85.1 Å². The molecule has 0 atom stereocenters. The monoisotopic (exact) mass is 345 g/mol. The van der Waals surface area contributed by atoms with E-state index < -0.39 is 10.0 Å². The zero-order valence-electron chi connectivity index (χ0n) is 11.1. The van der Waals surface area contributed by atoms with Gasteiger partial charge in [-0.25, -0.2) is 8.42 Å². The average Bonchev–Trinajstić information content (AvgIpc) is 2.41. The van der Waals surface area contributed by atoms with Gasteiger partial charge in [-0.1, -0.05) is 23.2 Å². The van der Waals surface area contributed by atoms with Crippen LogP contribution in [0.4, 0.5) is 5.69 Å².